The number of hydrogen-bond donors (Lipinski definition) is 2. The lowest BCUT2D eigenvalue weighted by Crippen LogP contribution is -2.36. The maximum Gasteiger partial charge on any atom is 0.243 e. The van der Waals surface area contributed by atoms with E-state index in [1.165, 1.54) is 0 Å². The SMILES string of the molecule is CC(C)(C[C@@H](CC(C)(C)S(N)=O)c1nc2ccc([C@H](N)C3CC3)cc2n1COCC[Si](C)(C)C)C(F)F. The second-order valence-corrected chi connectivity index (χ2v) is 20.6. The molecule has 1 unspecified atom stereocenters. The van der Waals surface area contributed by atoms with Crippen LogP contribution in [0.25, 0.3) is 11.0 Å². The molecule has 4 N–H and O–H groups in total. The van der Waals surface area contributed by atoms with Crippen LogP contribution >= 0.6 is 0 Å². The van der Waals surface area contributed by atoms with Crippen molar-refractivity contribution in [3.63, 3.8) is 0 Å². The molecule has 1 aliphatic rings. The third kappa shape index (κ3) is 7.91. The van der Waals surface area contributed by atoms with Gasteiger partial charge in [-0.25, -0.2) is 18.0 Å². The number of halogens is 2. The summed E-state index contributed by atoms with van der Waals surface area (Å²) in [4.78, 5) is 4.95. The lowest BCUT2D eigenvalue weighted by atomic mass is 9.79. The third-order valence-electron chi connectivity index (χ3n) is 7.54. The molecule has 0 amide bonds. The molecule has 1 aromatic heterocycles. The Bertz CT molecular complexity index is 1100. The lowest BCUT2D eigenvalue weighted by molar-refractivity contribution is 0.00699. The number of imidazole rings is 1. The van der Waals surface area contributed by atoms with E-state index < -0.39 is 35.6 Å². The van der Waals surface area contributed by atoms with Gasteiger partial charge in [-0.05, 0) is 69.2 Å². The first-order chi connectivity index (χ1) is 17.0. The van der Waals surface area contributed by atoms with Crippen molar-refractivity contribution in [3.05, 3.63) is 29.6 Å². The van der Waals surface area contributed by atoms with E-state index >= 15 is 0 Å². The van der Waals surface area contributed by atoms with Crippen LogP contribution in [-0.2, 0) is 22.5 Å². The molecule has 1 fully saturated rings. The van der Waals surface area contributed by atoms with E-state index in [1.54, 1.807) is 13.8 Å². The van der Waals surface area contributed by atoms with E-state index in [1.807, 2.05) is 30.5 Å². The molecule has 0 saturated heterocycles. The molecule has 1 aliphatic carbocycles. The average Bonchev–Trinajstić information content (AvgIpc) is 3.56. The average molecular weight is 557 g/mol. The smallest absolute Gasteiger partial charge is 0.243 e. The highest BCUT2D eigenvalue weighted by molar-refractivity contribution is 7.84. The van der Waals surface area contributed by atoms with Crippen LogP contribution < -0.4 is 10.9 Å². The summed E-state index contributed by atoms with van der Waals surface area (Å²) in [6, 6.07) is 7.06. The van der Waals surface area contributed by atoms with E-state index in [4.69, 9.17) is 20.6 Å². The van der Waals surface area contributed by atoms with Gasteiger partial charge in [-0.3, -0.25) is 5.14 Å². The molecule has 37 heavy (non-hydrogen) atoms. The van der Waals surface area contributed by atoms with E-state index in [0.717, 1.165) is 35.5 Å². The molecular weight excluding hydrogens is 510 g/mol. The molecule has 6 nitrogen and oxygen atoms in total. The Hall–Kier alpha value is -1.20. The van der Waals surface area contributed by atoms with E-state index in [0.29, 0.717) is 24.8 Å². The van der Waals surface area contributed by atoms with Crippen LogP contribution in [0.15, 0.2) is 18.2 Å². The predicted octanol–water partition coefficient (Wildman–Crippen LogP) is 6.31. The molecule has 0 radical (unpaired) electrons. The molecule has 3 atom stereocenters. The van der Waals surface area contributed by atoms with Gasteiger partial charge in [0.1, 0.15) is 12.6 Å². The van der Waals surface area contributed by atoms with E-state index in [9.17, 15) is 13.0 Å². The van der Waals surface area contributed by atoms with Gasteiger partial charge in [0.25, 0.3) is 0 Å². The predicted molar refractivity (Wildman–Crippen MR) is 152 cm³/mol. The fourth-order valence-corrected chi connectivity index (χ4v) is 5.85. The molecule has 2 aromatic rings. The minimum atomic E-state index is -2.50. The zero-order valence-electron chi connectivity index (χ0n) is 23.5. The zero-order valence-corrected chi connectivity index (χ0v) is 25.3. The Morgan fingerprint density at radius 2 is 1.84 bits per heavy atom. The molecule has 0 spiro atoms. The van der Waals surface area contributed by atoms with Gasteiger partial charge in [-0.15, -0.1) is 0 Å². The number of rotatable bonds is 14. The Balaban J connectivity index is 2.07. The number of aromatic nitrogens is 2. The normalized spacial score (nSPS) is 17.9. The summed E-state index contributed by atoms with van der Waals surface area (Å²) in [7, 11) is -2.91. The highest BCUT2D eigenvalue weighted by Crippen LogP contribution is 2.43. The fourth-order valence-electron chi connectivity index (χ4n) is 4.73. The Kier molecular flexibility index (Phi) is 9.43. The first kappa shape index (κ1) is 30.3. The second-order valence-electron chi connectivity index (χ2n) is 13.3. The summed E-state index contributed by atoms with van der Waals surface area (Å²) in [6.07, 6.45) is 0.311. The Morgan fingerprint density at radius 1 is 1.19 bits per heavy atom. The van der Waals surface area contributed by atoms with Gasteiger partial charge >= 0.3 is 0 Å². The number of alkyl halides is 2. The van der Waals surface area contributed by atoms with Crippen LogP contribution in [0, 0.1) is 11.3 Å². The van der Waals surface area contributed by atoms with Crippen LogP contribution in [-0.4, -0.2) is 39.6 Å². The van der Waals surface area contributed by atoms with Crippen molar-refractivity contribution < 1.29 is 17.7 Å². The van der Waals surface area contributed by atoms with Crippen molar-refractivity contribution in [1.82, 2.24) is 9.55 Å². The van der Waals surface area contributed by atoms with E-state index in [2.05, 4.69) is 25.7 Å². The molecule has 10 heteroatoms. The monoisotopic (exact) mass is 556 g/mol. The molecule has 1 heterocycles. The topological polar surface area (TPSA) is 96.2 Å². The minimum Gasteiger partial charge on any atom is -0.361 e. The summed E-state index contributed by atoms with van der Waals surface area (Å²) in [5, 5.41) is 5.82. The number of nitrogens with zero attached hydrogens (tertiary/aromatic N) is 2. The van der Waals surface area contributed by atoms with Crippen molar-refractivity contribution in [2.45, 2.75) is 109 Å². The first-order valence-corrected chi connectivity index (χ1v) is 18.2. The first-order valence-electron chi connectivity index (χ1n) is 13.3. The number of fused-ring (bicyclic) bond motifs is 1. The van der Waals surface area contributed by atoms with Crippen LogP contribution in [0.1, 0.15) is 76.7 Å². The van der Waals surface area contributed by atoms with Gasteiger partial charge in [0.15, 0.2) is 0 Å². The van der Waals surface area contributed by atoms with Crippen molar-refractivity contribution in [3.8, 4) is 0 Å². The van der Waals surface area contributed by atoms with Crippen LogP contribution in [0.2, 0.25) is 25.7 Å². The molecule has 3 rings (SSSR count). The summed E-state index contributed by atoms with van der Waals surface area (Å²) >= 11 is 0. The van der Waals surface area contributed by atoms with Crippen molar-refractivity contribution in [2.24, 2.45) is 22.2 Å². The maximum absolute atomic E-state index is 14.0. The maximum atomic E-state index is 14.0. The Labute approximate surface area is 224 Å². The van der Waals surface area contributed by atoms with Crippen molar-refractivity contribution in [2.75, 3.05) is 6.61 Å². The van der Waals surface area contributed by atoms with Gasteiger partial charge in [0.2, 0.25) is 6.43 Å². The number of benzene rings is 1. The second kappa shape index (κ2) is 11.5. The summed E-state index contributed by atoms with van der Waals surface area (Å²) in [5.41, 5.74) is 8.00. The molecule has 210 valence electrons. The molecule has 1 aromatic carbocycles. The van der Waals surface area contributed by atoms with Gasteiger partial charge in [0, 0.05) is 32.1 Å². The standard InChI is InChI=1S/C27H46F2N4O2SSi/c1-26(2,25(28)29)15-20(16-27(3,4)36(31)34)24-32-21-11-10-19(23(30)18-8-9-18)14-22(21)33(24)17-35-12-13-37(5,6)7/h10-11,14,18,20,23,25H,8-9,12-13,15-17,30-31H2,1-7H3/t20-,23+,36?/m0/s1. The largest absolute Gasteiger partial charge is 0.361 e. The molecule has 0 aliphatic heterocycles. The van der Waals surface area contributed by atoms with Gasteiger partial charge in [0.05, 0.1) is 26.8 Å². The number of ether oxygens (including phenoxy) is 1. The molecule has 1 saturated carbocycles. The highest BCUT2D eigenvalue weighted by Gasteiger charge is 2.39. The van der Waals surface area contributed by atoms with Crippen LogP contribution in [0.5, 0.6) is 0 Å². The summed E-state index contributed by atoms with van der Waals surface area (Å²) in [6.45, 7) is 14.6. The zero-order chi connectivity index (χ0) is 27.8. The van der Waals surface area contributed by atoms with Crippen LogP contribution in [0.4, 0.5) is 8.78 Å². The van der Waals surface area contributed by atoms with Gasteiger partial charge in [-0.2, -0.15) is 0 Å². The molecular formula is C27H46F2N4O2SSi. The van der Waals surface area contributed by atoms with Crippen molar-refractivity contribution >= 4 is 30.1 Å². The summed E-state index contributed by atoms with van der Waals surface area (Å²) in [5.74, 6) is 0.786. The van der Waals surface area contributed by atoms with Crippen molar-refractivity contribution in [1.29, 1.82) is 0 Å². The lowest BCUT2D eigenvalue weighted by Gasteiger charge is -2.33. The third-order valence-corrected chi connectivity index (χ3v) is 10.5. The van der Waals surface area contributed by atoms with Gasteiger partial charge in [-0.1, -0.05) is 39.6 Å². The molecule has 0 bridgehead atoms. The summed E-state index contributed by atoms with van der Waals surface area (Å²) < 4.78 is 47.8. The van der Waals surface area contributed by atoms with Gasteiger partial charge < -0.3 is 15.0 Å². The number of hydrogen-bond acceptors (Lipinski definition) is 4. The fraction of sp³-hybridized carbons (Fsp3) is 0.741. The Morgan fingerprint density at radius 3 is 2.38 bits per heavy atom. The number of nitrogens with two attached hydrogens (primary N) is 2. The minimum absolute atomic E-state index is 0.0313. The van der Waals surface area contributed by atoms with Crippen LogP contribution in [0.3, 0.4) is 0 Å². The highest BCUT2D eigenvalue weighted by atomic mass is 32.2. The van der Waals surface area contributed by atoms with E-state index in [-0.39, 0.29) is 25.1 Å². The quantitative estimate of drug-likeness (QED) is 0.210.